The first kappa shape index (κ1) is 14.8. The largest absolute Gasteiger partial charge is 0.293 e. The number of Topliss-reactive ketones (excluding diaryl/α,β-unsaturated/α-hetero) is 1. The number of carbonyl (C=O) groups excluding carboxylic acids is 1. The standard InChI is InChI=1S/C15H19Cl2NO/c1-9-7-18(8-10(9)2)11(3)15(19)13-5-4-12(16)6-14(13)17/h4-6,9-11H,7-8H2,1-3H3. The molecule has 0 aromatic heterocycles. The minimum atomic E-state index is -0.133. The minimum Gasteiger partial charge on any atom is -0.293 e. The Kier molecular flexibility index (Phi) is 4.54. The van der Waals surface area contributed by atoms with E-state index in [1.807, 2.05) is 6.92 Å². The number of benzene rings is 1. The zero-order valence-corrected chi connectivity index (χ0v) is 13.0. The van der Waals surface area contributed by atoms with Gasteiger partial charge in [-0.3, -0.25) is 9.69 Å². The van der Waals surface area contributed by atoms with Gasteiger partial charge in [0.15, 0.2) is 5.78 Å². The number of carbonyl (C=O) groups is 1. The van der Waals surface area contributed by atoms with E-state index in [4.69, 9.17) is 23.2 Å². The second-order valence-electron chi connectivity index (χ2n) is 5.57. The van der Waals surface area contributed by atoms with Gasteiger partial charge in [0.2, 0.25) is 0 Å². The lowest BCUT2D eigenvalue weighted by atomic mass is 10.0. The lowest BCUT2D eigenvalue weighted by molar-refractivity contribution is 0.0862. The molecule has 1 aliphatic heterocycles. The zero-order valence-electron chi connectivity index (χ0n) is 11.5. The highest BCUT2D eigenvalue weighted by atomic mass is 35.5. The maximum Gasteiger partial charge on any atom is 0.181 e. The third-order valence-electron chi connectivity index (χ3n) is 4.14. The van der Waals surface area contributed by atoms with Crippen LogP contribution in [-0.4, -0.2) is 29.8 Å². The van der Waals surface area contributed by atoms with Crippen LogP contribution in [0.1, 0.15) is 31.1 Å². The predicted molar refractivity (Wildman–Crippen MR) is 80.2 cm³/mol. The van der Waals surface area contributed by atoms with Gasteiger partial charge in [0.25, 0.3) is 0 Å². The van der Waals surface area contributed by atoms with Gasteiger partial charge in [0.05, 0.1) is 11.1 Å². The van der Waals surface area contributed by atoms with Crippen molar-refractivity contribution >= 4 is 29.0 Å². The van der Waals surface area contributed by atoms with Crippen molar-refractivity contribution in [1.29, 1.82) is 0 Å². The molecule has 4 heteroatoms. The minimum absolute atomic E-state index is 0.0722. The van der Waals surface area contributed by atoms with E-state index in [0.29, 0.717) is 27.4 Å². The zero-order chi connectivity index (χ0) is 14.2. The van der Waals surface area contributed by atoms with Crippen LogP contribution in [0.4, 0.5) is 0 Å². The van der Waals surface area contributed by atoms with Crippen LogP contribution in [0.3, 0.4) is 0 Å². The Bertz CT molecular complexity index is 479. The molecule has 1 aliphatic rings. The fourth-order valence-corrected chi connectivity index (χ4v) is 3.07. The van der Waals surface area contributed by atoms with E-state index < -0.39 is 0 Å². The van der Waals surface area contributed by atoms with Gasteiger partial charge in [-0.05, 0) is 37.0 Å². The van der Waals surface area contributed by atoms with Crippen molar-refractivity contribution in [3.63, 3.8) is 0 Å². The van der Waals surface area contributed by atoms with Gasteiger partial charge in [0.1, 0.15) is 0 Å². The van der Waals surface area contributed by atoms with Crippen LogP contribution in [0.2, 0.25) is 10.0 Å². The molecule has 0 saturated carbocycles. The number of likely N-dealkylation sites (tertiary alicyclic amines) is 1. The fourth-order valence-electron chi connectivity index (χ4n) is 2.57. The average Bonchev–Trinajstić information content (AvgIpc) is 2.68. The summed E-state index contributed by atoms with van der Waals surface area (Å²) in [6.07, 6.45) is 0. The Morgan fingerprint density at radius 1 is 1.26 bits per heavy atom. The van der Waals surface area contributed by atoms with Crippen molar-refractivity contribution in [2.45, 2.75) is 26.8 Å². The molecule has 19 heavy (non-hydrogen) atoms. The first-order chi connectivity index (χ1) is 8.90. The molecular formula is C15H19Cl2NO. The molecule has 0 aliphatic carbocycles. The molecule has 0 amide bonds. The number of halogens is 2. The molecule has 1 heterocycles. The lowest BCUT2D eigenvalue weighted by Crippen LogP contribution is -2.37. The monoisotopic (exact) mass is 299 g/mol. The summed E-state index contributed by atoms with van der Waals surface area (Å²) in [6.45, 7) is 8.37. The van der Waals surface area contributed by atoms with E-state index in [0.717, 1.165) is 13.1 Å². The Morgan fingerprint density at radius 2 is 1.84 bits per heavy atom. The number of hydrogen-bond acceptors (Lipinski definition) is 2. The van der Waals surface area contributed by atoms with Crippen LogP contribution < -0.4 is 0 Å². The highest BCUT2D eigenvalue weighted by Gasteiger charge is 2.32. The molecule has 1 aromatic rings. The maximum atomic E-state index is 12.5. The number of hydrogen-bond donors (Lipinski definition) is 0. The summed E-state index contributed by atoms with van der Waals surface area (Å²) >= 11 is 12.0. The third kappa shape index (κ3) is 3.13. The lowest BCUT2D eigenvalue weighted by Gasteiger charge is -2.23. The summed E-state index contributed by atoms with van der Waals surface area (Å²) in [4.78, 5) is 14.7. The van der Waals surface area contributed by atoms with Crippen molar-refractivity contribution in [2.24, 2.45) is 11.8 Å². The van der Waals surface area contributed by atoms with Crippen molar-refractivity contribution in [3.8, 4) is 0 Å². The van der Waals surface area contributed by atoms with E-state index in [2.05, 4.69) is 18.7 Å². The second-order valence-corrected chi connectivity index (χ2v) is 6.42. The van der Waals surface area contributed by atoms with Gasteiger partial charge < -0.3 is 0 Å². The van der Waals surface area contributed by atoms with Gasteiger partial charge in [-0.1, -0.05) is 37.0 Å². The Labute approximate surface area is 124 Å². The van der Waals surface area contributed by atoms with Gasteiger partial charge in [-0.15, -0.1) is 0 Å². The molecule has 0 spiro atoms. The molecule has 1 saturated heterocycles. The second kappa shape index (κ2) is 5.82. The van der Waals surface area contributed by atoms with Crippen molar-refractivity contribution < 1.29 is 4.79 Å². The summed E-state index contributed by atoms with van der Waals surface area (Å²) in [7, 11) is 0. The molecule has 1 fully saturated rings. The Hall–Kier alpha value is -0.570. The highest BCUT2D eigenvalue weighted by molar-refractivity contribution is 6.37. The average molecular weight is 300 g/mol. The smallest absolute Gasteiger partial charge is 0.181 e. The predicted octanol–water partition coefficient (Wildman–Crippen LogP) is 4.15. The van der Waals surface area contributed by atoms with Crippen LogP contribution in [0.5, 0.6) is 0 Å². The van der Waals surface area contributed by atoms with Crippen LogP contribution in [0.15, 0.2) is 18.2 Å². The molecule has 0 N–H and O–H groups in total. The first-order valence-electron chi connectivity index (χ1n) is 6.63. The van der Waals surface area contributed by atoms with E-state index in [1.54, 1.807) is 18.2 Å². The van der Waals surface area contributed by atoms with E-state index in [-0.39, 0.29) is 11.8 Å². The van der Waals surface area contributed by atoms with Gasteiger partial charge in [-0.25, -0.2) is 0 Å². The Morgan fingerprint density at radius 3 is 2.37 bits per heavy atom. The Balaban J connectivity index is 2.15. The van der Waals surface area contributed by atoms with Crippen molar-refractivity contribution in [1.82, 2.24) is 4.90 Å². The van der Waals surface area contributed by atoms with Gasteiger partial charge >= 0.3 is 0 Å². The topological polar surface area (TPSA) is 20.3 Å². The van der Waals surface area contributed by atoms with Crippen LogP contribution in [0.25, 0.3) is 0 Å². The molecule has 104 valence electrons. The summed E-state index contributed by atoms with van der Waals surface area (Å²) in [5, 5.41) is 0.988. The van der Waals surface area contributed by atoms with Crippen molar-refractivity contribution in [2.75, 3.05) is 13.1 Å². The third-order valence-corrected chi connectivity index (χ3v) is 4.69. The molecule has 1 aromatic carbocycles. The molecule has 2 rings (SSSR count). The number of rotatable bonds is 3. The summed E-state index contributed by atoms with van der Waals surface area (Å²) in [6, 6.07) is 4.92. The molecule has 0 radical (unpaired) electrons. The molecular weight excluding hydrogens is 281 g/mol. The SMILES string of the molecule is CC1CN(C(C)C(=O)c2ccc(Cl)cc2Cl)CC1C. The molecule has 3 unspecified atom stereocenters. The fraction of sp³-hybridized carbons (Fsp3) is 0.533. The molecule has 3 atom stereocenters. The number of nitrogens with zero attached hydrogens (tertiary/aromatic N) is 1. The summed E-state index contributed by atoms with van der Waals surface area (Å²) in [5.41, 5.74) is 0.561. The van der Waals surface area contributed by atoms with E-state index in [9.17, 15) is 4.79 Å². The normalized spacial score (nSPS) is 25.5. The summed E-state index contributed by atoms with van der Waals surface area (Å²) in [5.74, 6) is 1.34. The van der Waals surface area contributed by atoms with E-state index >= 15 is 0 Å². The number of ketones is 1. The van der Waals surface area contributed by atoms with Crippen molar-refractivity contribution in [3.05, 3.63) is 33.8 Å². The van der Waals surface area contributed by atoms with E-state index in [1.165, 1.54) is 0 Å². The molecule has 2 nitrogen and oxygen atoms in total. The van der Waals surface area contributed by atoms with Gasteiger partial charge in [0, 0.05) is 23.7 Å². The summed E-state index contributed by atoms with van der Waals surface area (Å²) < 4.78 is 0. The van der Waals surface area contributed by atoms with Crippen LogP contribution in [-0.2, 0) is 0 Å². The van der Waals surface area contributed by atoms with Crippen LogP contribution >= 0.6 is 23.2 Å². The first-order valence-corrected chi connectivity index (χ1v) is 7.39. The molecule has 0 bridgehead atoms. The maximum absolute atomic E-state index is 12.5. The van der Waals surface area contributed by atoms with Gasteiger partial charge in [-0.2, -0.15) is 0 Å². The van der Waals surface area contributed by atoms with Crippen LogP contribution in [0, 0.1) is 11.8 Å². The quantitative estimate of drug-likeness (QED) is 0.782. The highest BCUT2D eigenvalue weighted by Crippen LogP contribution is 2.27.